The first-order valence-corrected chi connectivity index (χ1v) is 8.36. The Kier molecular flexibility index (Phi) is 6.65. The summed E-state index contributed by atoms with van der Waals surface area (Å²) in [4.78, 5) is 25.2. The number of anilines is 1. The van der Waals surface area contributed by atoms with E-state index in [2.05, 4.69) is 0 Å². The number of ether oxygens (including phenoxy) is 3. The molecular formula is C20H24N2O5. The third-order valence-corrected chi connectivity index (χ3v) is 4.27. The van der Waals surface area contributed by atoms with Gasteiger partial charge >= 0.3 is 0 Å². The van der Waals surface area contributed by atoms with Crippen LogP contribution in [-0.2, 0) is 11.2 Å². The number of hydrogen-bond acceptors (Lipinski definition) is 5. The molecule has 0 aliphatic heterocycles. The standard InChI is InChI=1S/C20H24N2O5/c1-22(15-8-6-14(7-9-15)20(21)24)18(23)10-5-13-11-16(25-2)19(27-4)17(12-13)26-3/h6-9,11-12H,5,10H2,1-4H3,(H2,21,24). The number of aryl methyl sites for hydroxylation is 1. The van der Waals surface area contributed by atoms with Crippen LogP contribution < -0.4 is 24.8 Å². The van der Waals surface area contributed by atoms with Gasteiger partial charge in [-0.2, -0.15) is 0 Å². The minimum Gasteiger partial charge on any atom is -0.493 e. The van der Waals surface area contributed by atoms with Crippen LogP contribution in [0.2, 0.25) is 0 Å². The molecule has 0 heterocycles. The molecule has 0 fully saturated rings. The number of hydrogen-bond donors (Lipinski definition) is 1. The number of carbonyl (C=O) groups is 2. The van der Waals surface area contributed by atoms with E-state index in [9.17, 15) is 9.59 Å². The molecule has 2 N–H and O–H groups in total. The maximum atomic E-state index is 12.5. The van der Waals surface area contributed by atoms with Gasteiger partial charge in [-0.05, 0) is 48.4 Å². The van der Waals surface area contributed by atoms with Crippen molar-refractivity contribution in [1.29, 1.82) is 0 Å². The monoisotopic (exact) mass is 372 g/mol. The fourth-order valence-electron chi connectivity index (χ4n) is 2.69. The van der Waals surface area contributed by atoms with Crippen molar-refractivity contribution in [3.05, 3.63) is 47.5 Å². The summed E-state index contributed by atoms with van der Waals surface area (Å²) in [6.07, 6.45) is 0.811. The molecule has 0 spiro atoms. The molecule has 7 nitrogen and oxygen atoms in total. The van der Waals surface area contributed by atoms with Crippen molar-refractivity contribution in [2.75, 3.05) is 33.3 Å². The maximum absolute atomic E-state index is 12.5. The van der Waals surface area contributed by atoms with Crippen LogP contribution in [0.25, 0.3) is 0 Å². The summed E-state index contributed by atoms with van der Waals surface area (Å²) in [5.74, 6) is 1.06. The number of carbonyl (C=O) groups excluding carboxylic acids is 2. The quantitative estimate of drug-likeness (QED) is 0.768. The Hall–Kier alpha value is -3.22. The number of nitrogens with zero attached hydrogens (tertiary/aromatic N) is 1. The largest absolute Gasteiger partial charge is 0.493 e. The third-order valence-electron chi connectivity index (χ3n) is 4.27. The normalized spacial score (nSPS) is 10.2. The van der Waals surface area contributed by atoms with E-state index < -0.39 is 5.91 Å². The van der Waals surface area contributed by atoms with Crippen LogP contribution >= 0.6 is 0 Å². The van der Waals surface area contributed by atoms with Crippen LogP contribution in [-0.4, -0.2) is 40.2 Å². The average molecular weight is 372 g/mol. The van der Waals surface area contributed by atoms with E-state index in [1.165, 1.54) is 0 Å². The molecule has 0 aliphatic rings. The van der Waals surface area contributed by atoms with Crippen molar-refractivity contribution in [2.24, 2.45) is 5.73 Å². The minimum absolute atomic E-state index is 0.0597. The second-order valence-corrected chi connectivity index (χ2v) is 5.90. The lowest BCUT2D eigenvalue weighted by atomic mass is 10.1. The van der Waals surface area contributed by atoms with Crippen molar-refractivity contribution in [3.8, 4) is 17.2 Å². The van der Waals surface area contributed by atoms with E-state index in [0.717, 1.165) is 5.56 Å². The SMILES string of the molecule is COc1cc(CCC(=O)N(C)c2ccc(C(N)=O)cc2)cc(OC)c1OC. The lowest BCUT2D eigenvalue weighted by Crippen LogP contribution is -2.26. The van der Waals surface area contributed by atoms with Gasteiger partial charge in [0.1, 0.15) is 0 Å². The highest BCUT2D eigenvalue weighted by atomic mass is 16.5. The summed E-state index contributed by atoms with van der Waals surface area (Å²) in [7, 11) is 6.34. The number of methoxy groups -OCH3 is 3. The minimum atomic E-state index is -0.502. The highest BCUT2D eigenvalue weighted by Gasteiger charge is 2.16. The molecule has 0 unspecified atom stereocenters. The Labute approximate surface area is 158 Å². The lowest BCUT2D eigenvalue weighted by Gasteiger charge is -2.18. The molecule has 2 aromatic rings. The van der Waals surface area contributed by atoms with Crippen molar-refractivity contribution >= 4 is 17.5 Å². The van der Waals surface area contributed by atoms with Gasteiger partial charge in [0.25, 0.3) is 0 Å². The Bertz CT molecular complexity index is 793. The Morgan fingerprint density at radius 3 is 1.96 bits per heavy atom. The molecule has 0 aromatic heterocycles. The van der Waals surface area contributed by atoms with Crippen molar-refractivity contribution in [3.63, 3.8) is 0 Å². The summed E-state index contributed by atoms with van der Waals surface area (Å²) in [6.45, 7) is 0. The zero-order valence-electron chi connectivity index (χ0n) is 15.9. The molecule has 7 heteroatoms. The van der Waals surface area contributed by atoms with Crippen LogP contribution in [0.5, 0.6) is 17.2 Å². The molecule has 2 amide bonds. The highest BCUT2D eigenvalue weighted by Crippen LogP contribution is 2.38. The predicted molar refractivity (Wildman–Crippen MR) is 103 cm³/mol. The number of nitrogens with two attached hydrogens (primary N) is 1. The van der Waals surface area contributed by atoms with Crippen LogP contribution in [0.15, 0.2) is 36.4 Å². The molecule has 0 atom stereocenters. The molecule has 0 aliphatic carbocycles. The first-order valence-electron chi connectivity index (χ1n) is 8.36. The molecule has 2 aromatic carbocycles. The highest BCUT2D eigenvalue weighted by molar-refractivity contribution is 5.95. The summed E-state index contributed by atoms with van der Waals surface area (Å²) < 4.78 is 16.0. The maximum Gasteiger partial charge on any atom is 0.248 e. The molecule has 144 valence electrons. The zero-order valence-corrected chi connectivity index (χ0v) is 15.9. The van der Waals surface area contributed by atoms with E-state index in [-0.39, 0.29) is 5.91 Å². The summed E-state index contributed by atoms with van der Waals surface area (Å²) in [5.41, 5.74) is 7.22. The summed E-state index contributed by atoms with van der Waals surface area (Å²) in [5, 5.41) is 0. The molecule has 0 saturated carbocycles. The first kappa shape index (κ1) is 20.1. The second kappa shape index (κ2) is 8.93. The van der Waals surface area contributed by atoms with Gasteiger partial charge in [0.15, 0.2) is 11.5 Å². The number of primary amides is 1. The molecule has 0 saturated heterocycles. The number of rotatable bonds is 8. The fraction of sp³-hybridized carbons (Fsp3) is 0.300. The van der Waals surface area contributed by atoms with Gasteiger partial charge in [0.2, 0.25) is 17.6 Å². The van der Waals surface area contributed by atoms with E-state index in [1.807, 2.05) is 12.1 Å². The fourth-order valence-corrected chi connectivity index (χ4v) is 2.69. The van der Waals surface area contributed by atoms with E-state index in [0.29, 0.717) is 41.3 Å². The van der Waals surface area contributed by atoms with E-state index in [4.69, 9.17) is 19.9 Å². The van der Waals surface area contributed by atoms with Gasteiger partial charge in [0, 0.05) is 24.7 Å². The molecule has 0 radical (unpaired) electrons. The van der Waals surface area contributed by atoms with Crippen molar-refractivity contribution in [2.45, 2.75) is 12.8 Å². The van der Waals surface area contributed by atoms with Gasteiger partial charge in [-0.3, -0.25) is 9.59 Å². The predicted octanol–water partition coefficient (Wildman–Crippen LogP) is 2.41. The zero-order chi connectivity index (χ0) is 20.0. The van der Waals surface area contributed by atoms with Crippen LogP contribution in [0.1, 0.15) is 22.3 Å². The van der Waals surface area contributed by atoms with Gasteiger partial charge in [-0.25, -0.2) is 0 Å². The number of benzene rings is 2. The third kappa shape index (κ3) is 4.69. The van der Waals surface area contributed by atoms with Gasteiger partial charge in [0.05, 0.1) is 21.3 Å². The molecular weight excluding hydrogens is 348 g/mol. The number of amides is 2. The molecule has 27 heavy (non-hydrogen) atoms. The average Bonchev–Trinajstić information content (AvgIpc) is 2.70. The van der Waals surface area contributed by atoms with Crippen LogP contribution in [0.4, 0.5) is 5.69 Å². The summed E-state index contributed by atoms with van der Waals surface area (Å²) in [6, 6.07) is 10.2. The summed E-state index contributed by atoms with van der Waals surface area (Å²) >= 11 is 0. The topological polar surface area (TPSA) is 91.1 Å². The van der Waals surface area contributed by atoms with Crippen LogP contribution in [0.3, 0.4) is 0 Å². The van der Waals surface area contributed by atoms with Crippen LogP contribution in [0, 0.1) is 0 Å². The Morgan fingerprint density at radius 2 is 1.52 bits per heavy atom. The molecule has 0 bridgehead atoms. The molecule has 2 rings (SSSR count). The first-order chi connectivity index (χ1) is 12.9. The Morgan fingerprint density at radius 1 is 0.963 bits per heavy atom. The van der Waals surface area contributed by atoms with Crippen molar-refractivity contribution in [1.82, 2.24) is 0 Å². The van der Waals surface area contributed by atoms with E-state index in [1.54, 1.807) is 57.5 Å². The van der Waals surface area contributed by atoms with Gasteiger partial charge in [-0.1, -0.05) is 0 Å². The van der Waals surface area contributed by atoms with Crippen molar-refractivity contribution < 1.29 is 23.8 Å². The second-order valence-electron chi connectivity index (χ2n) is 5.90. The van der Waals surface area contributed by atoms with E-state index >= 15 is 0 Å². The lowest BCUT2D eigenvalue weighted by molar-refractivity contribution is -0.118. The van der Waals surface area contributed by atoms with Gasteiger partial charge < -0.3 is 24.8 Å². The van der Waals surface area contributed by atoms with Gasteiger partial charge in [-0.15, -0.1) is 0 Å². The smallest absolute Gasteiger partial charge is 0.248 e. The Balaban J connectivity index is 2.09.